The van der Waals surface area contributed by atoms with Gasteiger partial charge in [-0.3, -0.25) is 4.79 Å². The van der Waals surface area contributed by atoms with Gasteiger partial charge in [0.05, 0.1) is 0 Å². The molecule has 1 saturated heterocycles. The Labute approximate surface area is 192 Å². The number of allylic oxidation sites excluding steroid dienone is 1. The first-order valence-corrected chi connectivity index (χ1v) is 12.0. The number of likely N-dealkylation sites (tertiary alicyclic amines) is 1. The van der Waals surface area contributed by atoms with Crippen molar-refractivity contribution < 1.29 is 14.6 Å². The van der Waals surface area contributed by atoms with Crippen molar-refractivity contribution in [1.82, 2.24) is 10.2 Å². The Morgan fingerprint density at radius 3 is 2.66 bits per heavy atom. The third-order valence-corrected chi connectivity index (χ3v) is 6.32. The van der Waals surface area contributed by atoms with Crippen LogP contribution in [0.15, 0.2) is 54.1 Å². The second-order valence-electron chi connectivity index (χ2n) is 9.05. The summed E-state index contributed by atoms with van der Waals surface area (Å²) in [7, 11) is 0. The summed E-state index contributed by atoms with van der Waals surface area (Å²) in [6, 6.07) is 15.6. The van der Waals surface area contributed by atoms with Gasteiger partial charge in [-0.05, 0) is 76.1 Å². The van der Waals surface area contributed by atoms with Crippen LogP contribution in [0.1, 0.15) is 52.4 Å². The van der Waals surface area contributed by atoms with Crippen LogP contribution < -0.4 is 10.1 Å². The highest BCUT2D eigenvalue weighted by Gasteiger charge is 2.20. The van der Waals surface area contributed by atoms with Gasteiger partial charge in [-0.1, -0.05) is 42.5 Å². The van der Waals surface area contributed by atoms with Gasteiger partial charge in [0.1, 0.15) is 12.4 Å². The number of piperidine rings is 1. The van der Waals surface area contributed by atoms with Gasteiger partial charge in [-0.2, -0.15) is 0 Å². The predicted octanol–water partition coefficient (Wildman–Crippen LogP) is 5.25. The van der Waals surface area contributed by atoms with Crippen molar-refractivity contribution in [2.45, 2.75) is 64.5 Å². The Bertz CT molecular complexity index is 880. The zero-order valence-corrected chi connectivity index (χ0v) is 19.6. The molecule has 0 amide bonds. The minimum Gasteiger partial charge on any atom is -0.489 e. The number of nitrogens with zero attached hydrogens (tertiary/aromatic N) is 1. The summed E-state index contributed by atoms with van der Waals surface area (Å²) < 4.78 is 6.25. The monoisotopic (exact) mass is 438 g/mol. The van der Waals surface area contributed by atoms with Gasteiger partial charge in [0.25, 0.3) is 0 Å². The molecule has 5 heteroatoms. The molecule has 0 bridgehead atoms. The lowest BCUT2D eigenvalue weighted by Crippen LogP contribution is -2.45. The number of benzene rings is 2. The Morgan fingerprint density at radius 2 is 1.91 bits per heavy atom. The van der Waals surface area contributed by atoms with E-state index in [1.807, 2.05) is 24.3 Å². The first kappa shape index (κ1) is 24.3. The average Bonchev–Trinajstić information content (AvgIpc) is 2.80. The maximum atomic E-state index is 10.8. The van der Waals surface area contributed by atoms with E-state index < -0.39 is 5.97 Å². The Morgan fingerprint density at radius 1 is 1.16 bits per heavy atom. The molecule has 0 saturated carbocycles. The number of carbonyl (C=O) groups is 1. The Balaban J connectivity index is 1.57. The minimum atomic E-state index is -0.720. The summed E-state index contributed by atoms with van der Waals surface area (Å²) in [6.45, 7) is 8.19. The SMILES string of the molecule is CC(C)N1CCC(NC/C(=C/CCCCC(=O)O)COc2cccc3ccccc23)CC1. The molecule has 32 heavy (non-hydrogen) atoms. The molecule has 1 fully saturated rings. The molecule has 0 aromatic heterocycles. The van der Waals surface area contributed by atoms with E-state index >= 15 is 0 Å². The van der Waals surface area contributed by atoms with E-state index in [2.05, 4.69) is 48.3 Å². The van der Waals surface area contributed by atoms with Gasteiger partial charge in [0.2, 0.25) is 0 Å². The fourth-order valence-corrected chi connectivity index (χ4v) is 4.30. The van der Waals surface area contributed by atoms with Crippen LogP contribution in [0.2, 0.25) is 0 Å². The average molecular weight is 439 g/mol. The molecule has 0 radical (unpaired) electrons. The number of rotatable bonds is 12. The normalized spacial score (nSPS) is 16.0. The molecular weight excluding hydrogens is 400 g/mol. The number of nitrogens with one attached hydrogen (secondary N) is 1. The van der Waals surface area contributed by atoms with Gasteiger partial charge in [-0.15, -0.1) is 0 Å². The third kappa shape index (κ3) is 7.64. The zero-order chi connectivity index (χ0) is 22.8. The fourth-order valence-electron chi connectivity index (χ4n) is 4.30. The summed E-state index contributed by atoms with van der Waals surface area (Å²) >= 11 is 0. The second-order valence-corrected chi connectivity index (χ2v) is 9.05. The number of aliphatic carboxylic acids is 1. The molecular formula is C27H38N2O3. The van der Waals surface area contributed by atoms with E-state index in [9.17, 15) is 4.79 Å². The van der Waals surface area contributed by atoms with Crippen molar-refractivity contribution in [3.05, 3.63) is 54.1 Å². The van der Waals surface area contributed by atoms with Crippen molar-refractivity contribution in [2.75, 3.05) is 26.2 Å². The molecule has 1 aliphatic heterocycles. The quantitative estimate of drug-likeness (QED) is 0.350. The van der Waals surface area contributed by atoms with E-state index in [1.54, 1.807) is 0 Å². The van der Waals surface area contributed by atoms with Crippen LogP contribution >= 0.6 is 0 Å². The third-order valence-electron chi connectivity index (χ3n) is 6.32. The summed E-state index contributed by atoms with van der Waals surface area (Å²) in [5, 5.41) is 14.9. The molecule has 1 heterocycles. The molecule has 2 aromatic carbocycles. The maximum absolute atomic E-state index is 10.8. The molecule has 174 valence electrons. The highest BCUT2D eigenvalue weighted by atomic mass is 16.5. The van der Waals surface area contributed by atoms with Gasteiger partial charge in [-0.25, -0.2) is 0 Å². The highest BCUT2D eigenvalue weighted by Crippen LogP contribution is 2.25. The lowest BCUT2D eigenvalue weighted by atomic mass is 10.0. The van der Waals surface area contributed by atoms with Gasteiger partial charge in [0.15, 0.2) is 0 Å². The van der Waals surface area contributed by atoms with Gasteiger partial charge >= 0.3 is 5.97 Å². The smallest absolute Gasteiger partial charge is 0.303 e. The predicted molar refractivity (Wildman–Crippen MR) is 131 cm³/mol. The molecule has 0 aliphatic carbocycles. The molecule has 3 rings (SSSR count). The number of carboxylic acid groups (broad SMARTS) is 1. The van der Waals surface area contributed by atoms with Crippen LogP contribution in [0.25, 0.3) is 10.8 Å². The lowest BCUT2D eigenvalue weighted by Gasteiger charge is -2.35. The number of hydrogen-bond acceptors (Lipinski definition) is 4. The number of ether oxygens (including phenoxy) is 1. The van der Waals surface area contributed by atoms with Crippen LogP contribution in [0, 0.1) is 0 Å². The fraction of sp³-hybridized carbons (Fsp3) is 0.519. The van der Waals surface area contributed by atoms with E-state index in [0.29, 0.717) is 25.1 Å². The molecule has 0 atom stereocenters. The first-order valence-electron chi connectivity index (χ1n) is 12.0. The van der Waals surface area contributed by atoms with Crippen molar-refractivity contribution in [3.8, 4) is 5.75 Å². The number of carboxylic acids is 1. The first-order chi connectivity index (χ1) is 15.5. The summed E-state index contributed by atoms with van der Waals surface area (Å²) in [6.07, 6.45) is 7.31. The highest BCUT2D eigenvalue weighted by molar-refractivity contribution is 5.88. The second kappa shape index (κ2) is 12.6. The van der Waals surface area contributed by atoms with Crippen LogP contribution in [-0.4, -0.2) is 54.3 Å². The topological polar surface area (TPSA) is 61.8 Å². The van der Waals surface area contributed by atoms with E-state index in [1.165, 1.54) is 23.8 Å². The molecule has 5 nitrogen and oxygen atoms in total. The van der Waals surface area contributed by atoms with E-state index in [4.69, 9.17) is 9.84 Å². The summed E-state index contributed by atoms with van der Waals surface area (Å²) in [5.74, 6) is 0.188. The minimum absolute atomic E-state index is 0.238. The number of unbranched alkanes of at least 4 members (excludes halogenated alkanes) is 2. The van der Waals surface area contributed by atoms with E-state index in [-0.39, 0.29) is 6.42 Å². The van der Waals surface area contributed by atoms with Crippen LogP contribution in [-0.2, 0) is 4.79 Å². The van der Waals surface area contributed by atoms with Crippen molar-refractivity contribution in [2.24, 2.45) is 0 Å². The standard InChI is InChI=1S/C27H38N2O3/c1-21(2)29-17-15-24(16-18-29)28-19-22(9-4-3-5-14-27(30)31)20-32-26-13-8-11-23-10-6-7-12-25(23)26/h6-13,21,24,28H,3-5,14-20H2,1-2H3,(H,30,31)/b22-9-. The molecule has 2 aromatic rings. The number of fused-ring (bicyclic) bond motifs is 1. The summed E-state index contributed by atoms with van der Waals surface area (Å²) in [4.78, 5) is 13.3. The van der Waals surface area contributed by atoms with Crippen molar-refractivity contribution in [1.29, 1.82) is 0 Å². The van der Waals surface area contributed by atoms with Crippen LogP contribution in [0.5, 0.6) is 5.75 Å². The van der Waals surface area contributed by atoms with Crippen LogP contribution in [0.4, 0.5) is 0 Å². The Hall–Kier alpha value is -2.37. The van der Waals surface area contributed by atoms with Crippen molar-refractivity contribution >= 4 is 16.7 Å². The van der Waals surface area contributed by atoms with Crippen LogP contribution in [0.3, 0.4) is 0 Å². The molecule has 0 spiro atoms. The van der Waals surface area contributed by atoms with E-state index in [0.717, 1.165) is 43.6 Å². The van der Waals surface area contributed by atoms with Gasteiger partial charge < -0.3 is 20.1 Å². The number of hydrogen-bond donors (Lipinski definition) is 2. The Kier molecular flexibility index (Phi) is 9.57. The molecule has 2 N–H and O–H groups in total. The zero-order valence-electron chi connectivity index (χ0n) is 19.6. The lowest BCUT2D eigenvalue weighted by molar-refractivity contribution is -0.137. The summed E-state index contributed by atoms with van der Waals surface area (Å²) in [5.41, 5.74) is 1.24. The molecule has 1 aliphatic rings. The van der Waals surface area contributed by atoms with Crippen molar-refractivity contribution in [3.63, 3.8) is 0 Å². The molecule has 0 unspecified atom stereocenters. The van der Waals surface area contributed by atoms with Gasteiger partial charge in [0, 0.05) is 30.4 Å². The largest absolute Gasteiger partial charge is 0.489 e. The maximum Gasteiger partial charge on any atom is 0.303 e.